The Morgan fingerprint density at radius 1 is 1.37 bits per heavy atom. The number of methoxy groups -OCH3 is 1. The number of nitrogens with one attached hydrogen (secondary N) is 1. The van der Waals surface area contributed by atoms with E-state index in [4.69, 9.17) is 4.74 Å². The zero-order valence-electron chi connectivity index (χ0n) is 12.2. The fraction of sp³-hybridized carbons (Fsp3) is 0.857. The van der Waals surface area contributed by atoms with Crippen molar-refractivity contribution in [2.24, 2.45) is 5.92 Å². The average molecular weight is 268 g/mol. The molecule has 5 heteroatoms. The van der Waals surface area contributed by atoms with Crippen LogP contribution in [-0.2, 0) is 14.3 Å². The first-order chi connectivity index (χ1) is 8.85. The van der Waals surface area contributed by atoms with Crippen LogP contribution < -0.4 is 5.32 Å². The fourth-order valence-electron chi connectivity index (χ4n) is 2.51. The Balaban J connectivity index is 2.08. The fourth-order valence-corrected chi connectivity index (χ4v) is 2.51. The third kappa shape index (κ3) is 3.08. The molecule has 0 aromatic carbocycles. The lowest BCUT2D eigenvalue weighted by Crippen LogP contribution is -2.63. The first-order valence-corrected chi connectivity index (χ1v) is 7.02. The van der Waals surface area contributed by atoms with Crippen LogP contribution >= 0.6 is 0 Å². The molecule has 1 saturated heterocycles. The molecule has 2 fully saturated rings. The minimum absolute atomic E-state index is 0.00447. The van der Waals surface area contributed by atoms with Crippen LogP contribution in [0.4, 0.5) is 0 Å². The molecule has 5 nitrogen and oxygen atoms in total. The molecule has 108 valence electrons. The molecule has 2 amide bonds. The van der Waals surface area contributed by atoms with Gasteiger partial charge in [0.2, 0.25) is 11.8 Å². The Bertz CT molecular complexity index is 377. The van der Waals surface area contributed by atoms with Gasteiger partial charge in [-0.2, -0.15) is 0 Å². The SMILES string of the molecule is COC(C)(C)CCN1C(=O)C(C)NC(=O)C1C1CC1. The van der Waals surface area contributed by atoms with Crippen LogP contribution in [0, 0.1) is 5.92 Å². The Hall–Kier alpha value is -1.10. The highest BCUT2D eigenvalue weighted by Gasteiger charge is 2.46. The van der Waals surface area contributed by atoms with Crippen molar-refractivity contribution in [2.45, 2.75) is 57.7 Å². The van der Waals surface area contributed by atoms with Crippen LogP contribution in [0.2, 0.25) is 0 Å². The van der Waals surface area contributed by atoms with E-state index in [1.54, 1.807) is 18.9 Å². The van der Waals surface area contributed by atoms with Crippen molar-refractivity contribution in [3.05, 3.63) is 0 Å². The van der Waals surface area contributed by atoms with Crippen LogP contribution in [0.15, 0.2) is 0 Å². The summed E-state index contributed by atoms with van der Waals surface area (Å²) in [6.07, 6.45) is 2.83. The van der Waals surface area contributed by atoms with Crippen molar-refractivity contribution >= 4 is 11.8 Å². The van der Waals surface area contributed by atoms with Crippen molar-refractivity contribution < 1.29 is 14.3 Å². The lowest BCUT2D eigenvalue weighted by Gasteiger charge is -2.39. The quantitative estimate of drug-likeness (QED) is 0.807. The summed E-state index contributed by atoms with van der Waals surface area (Å²) in [4.78, 5) is 26.2. The largest absolute Gasteiger partial charge is 0.379 e. The van der Waals surface area contributed by atoms with Crippen molar-refractivity contribution in [2.75, 3.05) is 13.7 Å². The molecule has 2 aliphatic rings. The Morgan fingerprint density at radius 2 is 2.00 bits per heavy atom. The number of carbonyl (C=O) groups is 2. The van der Waals surface area contributed by atoms with Gasteiger partial charge in [-0.05, 0) is 46.0 Å². The van der Waals surface area contributed by atoms with Crippen LogP contribution in [0.3, 0.4) is 0 Å². The van der Waals surface area contributed by atoms with Gasteiger partial charge in [0.1, 0.15) is 12.1 Å². The molecule has 19 heavy (non-hydrogen) atoms. The van der Waals surface area contributed by atoms with Crippen LogP contribution in [0.1, 0.15) is 40.0 Å². The molecule has 1 aliphatic carbocycles. The maximum atomic E-state index is 12.3. The van der Waals surface area contributed by atoms with Gasteiger partial charge in [-0.3, -0.25) is 9.59 Å². The lowest BCUT2D eigenvalue weighted by atomic mass is 10.00. The van der Waals surface area contributed by atoms with Crippen molar-refractivity contribution in [1.29, 1.82) is 0 Å². The molecule has 0 bridgehead atoms. The summed E-state index contributed by atoms with van der Waals surface area (Å²) >= 11 is 0. The molecule has 0 aromatic rings. The predicted octanol–water partition coefficient (Wildman–Crippen LogP) is 0.927. The number of ether oxygens (including phenoxy) is 1. The number of amides is 2. The average Bonchev–Trinajstić information content (AvgIpc) is 3.16. The van der Waals surface area contributed by atoms with E-state index >= 15 is 0 Å². The van der Waals surface area contributed by atoms with E-state index in [-0.39, 0.29) is 23.5 Å². The van der Waals surface area contributed by atoms with E-state index in [9.17, 15) is 9.59 Å². The lowest BCUT2D eigenvalue weighted by molar-refractivity contribution is -0.150. The van der Waals surface area contributed by atoms with E-state index in [0.717, 1.165) is 19.3 Å². The highest BCUT2D eigenvalue weighted by atomic mass is 16.5. The maximum Gasteiger partial charge on any atom is 0.245 e. The smallest absolute Gasteiger partial charge is 0.245 e. The normalized spacial score (nSPS) is 28.5. The van der Waals surface area contributed by atoms with Gasteiger partial charge in [-0.25, -0.2) is 0 Å². The van der Waals surface area contributed by atoms with Gasteiger partial charge in [0.25, 0.3) is 0 Å². The van der Waals surface area contributed by atoms with Crippen LogP contribution in [-0.4, -0.2) is 48.1 Å². The van der Waals surface area contributed by atoms with E-state index in [1.807, 2.05) is 13.8 Å². The number of nitrogens with zero attached hydrogens (tertiary/aromatic N) is 1. The van der Waals surface area contributed by atoms with Crippen LogP contribution in [0.25, 0.3) is 0 Å². The third-order valence-electron chi connectivity index (χ3n) is 4.19. The van der Waals surface area contributed by atoms with Gasteiger partial charge in [0.05, 0.1) is 5.60 Å². The summed E-state index contributed by atoms with van der Waals surface area (Å²) in [6.45, 7) is 6.32. The van der Waals surface area contributed by atoms with E-state index in [0.29, 0.717) is 12.5 Å². The van der Waals surface area contributed by atoms with Gasteiger partial charge in [-0.15, -0.1) is 0 Å². The molecular formula is C14H24N2O3. The minimum Gasteiger partial charge on any atom is -0.379 e. The second kappa shape index (κ2) is 5.12. The summed E-state index contributed by atoms with van der Waals surface area (Å²) in [6, 6.07) is -0.676. The number of hydrogen-bond acceptors (Lipinski definition) is 3. The highest BCUT2D eigenvalue weighted by Crippen LogP contribution is 2.37. The molecule has 2 atom stereocenters. The zero-order chi connectivity index (χ0) is 14.2. The van der Waals surface area contributed by atoms with E-state index < -0.39 is 6.04 Å². The van der Waals surface area contributed by atoms with E-state index in [2.05, 4.69) is 5.32 Å². The maximum absolute atomic E-state index is 12.3. The summed E-state index contributed by atoms with van der Waals surface area (Å²) in [5.74, 6) is 0.385. The number of piperazine rings is 1. The molecule has 2 unspecified atom stereocenters. The molecule has 1 heterocycles. The molecule has 1 saturated carbocycles. The summed E-state index contributed by atoms with van der Waals surface area (Å²) in [5, 5.41) is 2.78. The van der Waals surface area contributed by atoms with Crippen molar-refractivity contribution in [1.82, 2.24) is 10.2 Å². The van der Waals surface area contributed by atoms with Gasteiger partial charge in [0.15, 0.2) is 0 Å². The minimum atomic E-state index is -0.409. The van der Waals surface area contributed by atoms with Gasteiger partial charge >= 0.3 is 0 Å². The topological polar surface area (TPSA) is 58.6 Å². The number of rotatable bonds is 5. The second-order valence-electron chi connectivity index (χ2n) is 6.26. The van der Waals surface area contributed by atoms with Gasteiger partial charge < -0.3 is 15.0 Å². The van der Waals surface area contributed by atoms with E-state index in [1.165, 1.54) is 0 Å². The Morgan fingerprint density at radius 3 is 2.53 bits per heavy atom. The molecule has 2 rings (SSSR count). The first kappa shape index (κ1) is 14.3. The molecule has 0 aromatic heterocycles. The molecule has 1 N–H and O–H groups in total. The van der Waals surface area contributed by atoms with Crippen LogP contribution in [0.5, 0.6) is 0 Å². The highest BCUT2D eigenvalue weighted by molar-refractivity contribution is 5.97. The third-order valence-corrected chi connectivity index (χ3v) is 4.19. The summed E-state index contributed by atoms with van der Waals surface area (Å²) in [7, 11) is 1.67. The molecule has 0 spiro atoms. The van der Waals surface area contributed by atoms with Gasteiger partial charge in [0, 0.05) is 13.7 Å². The zero-order valence-corrected chi connectivity index (χ0v) is 12.2. The molecule has 0 radical (unpaired) electrons. The second-order valence-corrected chi connectivity index (χ2v) is 6.26. The summed E-state index contributed by atoms with van der Waals surface area (Å²) < 4.78 is 5.39. The van der Waals surface area contributed by atoms with Crippen molar-refractivity contribution in [3.63, 3.8) is 0 Å². The standard InChI is InChI=1S/C14H24N2O3/c1-9-13(18)16(8-7-14(2,3)19-4)11(10-5-6-10)12(17)15-9/h9-11H,5-8H2,1-4H3,(H,15,17). The number of hydrogen-bond donors (Lipinski definition) is 1. The Labute approximate surface area is 114 Å². The predicted molar refractivity (Wildman–Crippen MR) is 71.5 cm³/mol. The molecular weight excluding hydrogens is 244 g/mol. The first-order valence-electron chi connectivity index (χ1n) is 7.02. The summed E-state index contributed by atoms with van der Waals surface area (Å²) in [5.41, 5.74) is -0.272. The monoisotopic (exact) mass is 268 g/mol. The van der Waals surface area contributed by atoms with Crippen molar-refractivity contribution in [3.8, 4) is 0 Å². The molecule has 1 aliphatic heterocycles. The number of carbonyl (C=O) groups excluding carboxylic acids is 2. The Kier molecular flexibility index (Phi) is 3.85. The van der Waals surface area contributed by atoms with Gasteiger partial charge in [-0.1, -0.05) is 0 Å².